The van der Waals surface area contributed by atoms with Gasteiger partial charge in [0.15, 0.2) is 5.78 Å². The minimum atomic E-state index is 0.0725. The van der Waals surface area contributed by atoms with Crippen molar-refractivity contribution >= 4 is 5.78 Å². The number of hydrogen-bond acceptors (Lipinski definition) is 3. The van der Waals surface area contributed by atoms with E-state index in [9.17, 15) is 4.79 Å². The highest BCUT2D eigenvalue weighted by molar-refractivity contribution is 5.94. The van der Waals surface area contributed by atoms with E-state index >= 15 is 0 Å². The van der Waals surface area contributed by atoms with Crippen molar-refractivity contribution in [2.45, 2.75) is 19.8 Å². The highest BCUT2D eigenvalue weighted by Crippen LogP contribution is 2.25. The van der Waals surface area contributed by atoms with Gasteiger partial charge in [0.1, 0.15) is 5.76 Å². The summed E-state index contributed by atoms with van der Waals surface area (Å²) in [5, 5.41) is 0. The van der Waals surface area contributed by atoms with E-state index in [0.29, 0.717) is 12.2 Å². The summed E-state index contributed by atoms with van der Waals surface area (Å²) in [5.41, 5.74) is 0.753. The van der Waals surface area contributed by atoms with Crippen LogP contribution in [0.25, 0.3) is 0 Å². The van der Waals surface area contributed by atoms with Crippen molar-refractivity contribution in [3.8, 4) is 0 Å². The van der Waals surface area contributed by atoms with E-state index in [-0.39, 0.29) is 5.78 Å². The van der Waals surface area contributed by atoms with Gasteiger partial charge < -0.3 is 9.47 Å². The largest absolute Gasteiger partial charge is 0.501 e. The molecule has 3 heteroatoms. The highest BCUT2D eigenvalue weighted by Gasteiger charge is 2.17. The number of rotatable bonds is 3. The first-order valence-electron chi connectivity index (χ1n) is 4.21. The molecule has 72 valence electrons. The van der Waals surface area contributed by atoms with Gasteiger partial charge in [0.05, 0.1) is 20.0 Å². The van der Waals surface area contributed by atoms with Crippen molar-refractivity contribution < 1.29 is 14.3 Å². The third-order valence-corrected chi connectivity index (χ3v) is 2.12. The molecular weight excluding hydrogens is 168 g/mol. The molecular formula is C10H14O3. The molecule has 0 aliphatic heterocycles. The van der Waals surface area contributed by atoms with E-state index in [2.05, 4.69) is 0 Å². The normalized spacial score (nSPS) is 16.7. The molecule has 0 atom stereocenters. The van der Waals surface area contributed by atoms with Gasteiger partial charge in [-0.1, -0.05) is 0 Å². The molecule has 0 fully saturated rings. The molecule has 3 nitrogen and oxygen atoms in total. The summed E-state index contributed by atoms with van der Waals surface area (Å²) in [5.74, 6) is 1.57. The van der Waals surface area contributed by atoms with Gasteiger partial charge in [-0.05, 0) is 13.3 Å². The molecule has 0 unspecified atom stereocenters. The fraction of sp³-hybridized carbons (Fsp3) is 0.500. The quantitative estimate of drug-likeness (QED) is 0.667. The van der Waals surface area contributed by atoms with Gasteiger partial charge in [0.25, 0.3) is 0 Å². The number of hydrogen-bond donors (Lipinski definition) is 0. The van der Waals surface area contributed by atoms with E-state index in [1.807, 2.05) is 0 Å². The average molecular weight is 182 g/mol. The molecule has 1 rings (SSSR count). The maximum absolute atomic E-state index is 11.2. The van der Waals surface area contributed by atoms with E-state index < -0.39 is 0 Å². The first-order chi connectivity index (χ1) is 6.19. The summed E-state index contributed by atoms with van der Waals surface area (Å²) in [6.07, 6.45) is 3.26. The van der Waals surface area contributed by atoms with E-state index in [0.717, 1.165) is 17.8 Å². The smallest absolute Gasteiger partial charge is 0.159 e. The monoisotopic (exact) mass is 182 g/mol. The Morgan fingerprint density at radius 2 is 2.00 bits per heavy atom. The van der Waals surface area contributed by atoms with Crippen LogP contribution in [-0.4, -0.2) is 20.0 Å². The molecule has 0 heterocycles. The maximum atomic E-state index is 11.2. The number of carbonyl (C=O) groups excluding carboxylic acids is 1. The minimum absolute atomic E-state index is 0.0725. The lowest BCUT2D eigenvalue weighted by atomic mass is 9.99. The third kappa shape index (κ3) is 2.11. The van der Waals surface area contributed by atoms with Crippen LogP contribution in [0.5, 0.6) is 0 Å². The van der Waals surface area contributed by atoms with Crippen molar-refractivity contribution in [1.29, 1.82) is 0 Å². The Kier molecular flexibility index (Phi) is 3.12. The van der Waals surface area contributed by atoms with Gasteiger partial charge in [0.2, 0.25) is 0 Å². The van der Waals surface area contributed by atoms with Crippen LogP contribution in [0.1, 0.15) is 19.8 Å². The van der Waals surface area contributed by atoms with Gasteiger partial charge in [-0.3, -0.25) is 4.79 Å². The molecule has 0 aromatic rings. The molecule has 0 saturated heterocycles. The van der Waals surface area contributed by atoms with Crippen molar-refractivity contribution in [3.63, 3.8) is 0 Å². The van der Waals surface area contributed by atoms with Gasteiger partial charge >= 0.3 is 0 Å². The molecule has 0 aromatic heterocycles. The average Bonchev–Trinajstić information content (AvgIpc) is 2.16. The minimum Gasteiger partial charge on any atom is -0.501 e. The van der Waals surface area contributed by atoms with Crippen LogP contribution in [-0.2, 0) is 14.3 Å². The molecule has 1 aliphatic carbocycles. The van der Waals surface area contributed by atoms with E-state index in [1.165, 1.54) is 0 Å². The summed E-state index contributed by atoms with van der Waals surface area (Å²) in [7, 11) is 3.19. The van der Waals surface area contributed by atoms with Crippen LogP contribution in [0.2, 0.25) is 0 Å². The molecule has 1 aliphatic rings. The molecule has 13 heavy (non-hydrogen) atoms. The number of carbonyl (C=O) groups is 1. The summed E-state index contributed by atoms with van der Waals surface area (Å²) >= 11 is 0. The Balaban J connectivity index is 2.96. The molecule has 0 saturated carbocycles. The van der Waals surface area contributed by atoms with Crippen LogP contribution in [0.3, 0.4) is 0 Å². The zero-order chi connectivity index (χ0) is 9.84. The first kappa shape index (κ1) is 9.84. The Morgan fingerprint density at radius 3 is 2.46 bits per heavy atom. The second-order valence-electron chi connectivity index (χ2n) is 2.92. The predicted molar refractivity (Wildman–Crippen MR) is 49.0 cm³/mol. The Morgan fingerprint density at radius 1 is 1.31 bits per heavy atom. The first-order valence-corrected chi connectivity index (χ1v) is 4.21. The molecule has 0 N–H and O–H groups in total. The Labute approximate surface area is 78.0 Å². The van der Waals surface area contributed by atoms with Crippen LogP contribution >= 0.6 is 0 Å². The summed E-state index contributed by atoms with van der Waals surface area (Å²) in [6.45, 7) is 1.56. The lowest BCUT2D eigenvalue weighted by Gasteiger charge is -2.16. The van der Waals surface area contributed by atoms with Gasteiger partial charge in [0, 0.05) is 18.1 Å². The van der Waals surface area contributed by atoms with Crippen molar-refractivity contribution in [2.75, 3.05) is 14.2 Å². The SMILES string of the molecule is COC1=CC(OC)=C(C(C)=O)CC1. The fourth-order valence-electron chi connectivity index (χ4n) is 1.37. The maximum Gasteiger partial charge on any atom is 0.159 e. The Bertz CT molecular complexity index is 274. The van der Waals surface area contributed by atoms with Crippen molar-refractivity contribution in [3.05, 3.63) is 23.2 Å². The van der Waals surface area contributed by atoms with Crippen LogP contribution in [0.4, 0.5) is 0 Å². The van der Waals surface area contributed by atoms with Gasteiger partial charge in [-0.25, -0.2) is 0 Å². The number of ether oxygens (including phenoxy) is 2. The van der Waals surface area contributed by atoms with Gasteiger partial charge in [-0.2, -0.15) is 0 Å². The zero-order valence-electron chi connectivity index (χ0n) is 8.22. The Hall–Kier alpha value is -1.25. The lowest BCUT2D eigenvalue weighted by molar-refractivity contribution is -0.114. The number of ketones is 1. The predicted octanol–water partition coefficient (Wildman–Crippen LogP) is 1.80. The lowest BCUT2D eigenvalue weighted by Crippen LogP contribution is -2.08. The van der Waals surface area contributed by atoms with Crippen molar-refractivity contribution in [2.24, 2.45) is 0 Å². The van der Waals surface area contributed by atoms with Crippen LogP contribution < -0.4 is 0 Å². The second-order valence-corrected chi connectivity index (χ2v) is 2.92. The number of Topliss-reactive ketones (excluding diaryl/α,β-unsaturated/α-hetero) is 1. The molecule has 0 amide bonds. The fourth-order valence-corrected chi connectivity index (χ4v) is 1.37. The topological polar surface area (TPSA) is 35.5 Å². The third-order valence-electron chi connectivity index (χ3n) is 2.12. The van der Waals surface area contributed by atoms with E-state index in [4.69, 9.17) is 9.47 Å². The molecule has 0 radical (unpaired) electrons. The number of methoxy groups -OCH3 is 2. The summed E-state index contributed by atoms with van der Waals surface area (Å²) in [6, 6.07) is 0. The highest BCUT2D eigenvalue weighted by atomic mass is 16.5. The van der Waals surface area contributed by atoms with Crippen molar-refractivity contribution in [1.82, 2.24) is 0 Å². The molecule has 0 spiro atoms. The number of allylic oxidation sites excluding steroid dienone is 3. The summed E-state index contributed by atoms with van der Waals surface area (Å²) < 4.78 is 10.2. The molecule has 0 aromatic carbocycles. The van der Waals surface area contributed by atoms with E-state index in [1.54, 1.807) is 27.2 Å². The van der Waals surface area contributed by atoms with Gasteiger partial charge in [-0.15, -0.1) is 0 Å². The molecule has 0 bridgehead atoms. The second kappa shape index (κ2) is 4.12. The standard InChI is InChI=1S/C10H14O3/c1-7(11)9-5-4-8(12-2)6-10(9)13-3/h6H,4-5H2,1-3H3. The summed E-state index contributed by atoms with van der Waals surface area (Å²) in [4.78, 5) is 11.2. The van der Waals surface area contributed by atoms with Crippen LogP contribution in [0, 0.1) is 0 Å². The zero-order valence-corrected chi connectivity index (χ0v) is 8.22. The van der Waals surface area contributed by atoms with Crippen LogP contribution in [0.15, 0.2) is 23.2 Å².